The fraction of sp³-hybridized carbons (Fsp3) is 0.455. The Labute approximate surface area is 105 Å². The zero-order valence-corrected chi connectivity index (χ0v) is 11.1. The third kappa shape index (κ3) is 3.66. The summed E-state index contributed by atoms with van der Waals surface area (Å²) in [7, 11) is -3.35. The minimum atomic E-state index is -3.35. The molecule has 0 aliphatic carbocycles. The van der Waals surface area contributed by atoms with Crippen molar-refractivity contribution in [2.24, 2.45) is 0 Å². The molecular formula is C11H14ClFO3S. The van der Waals surface area contributed by atoms with Gasteiger partial charge >= 0.3 is 0 Å². The van der Waals surface area contributed by atoms with E-state index in [0.717, 1.165) is 6.26 Å². The molecule has 1 rings (SSSR count). The van der Waals surface area contributed by atoms with Gasteiger partial charge in [0.2, 0.25) is 0 Å². The monoisotopic (exact) mass is 280 g/mol. The lowest BCUT2D eigenvalue weighted by Crippen LogP contribution is -2.32. The van der Waals surface area contributed by atoms with Crippen LogP contribution in [-0.4, -0.2) is 31.1 Å². The molecule has 17 heavy (non-hydrogen) atoms. The van der Waals surface area contributed by atoms with Crippen LogP contribution in [0.25, 0.3) is 0 Å². The number of aliphatic hydroxyl groups is 1. The van der Waals surface area contributed by atoms with Crippen molar-refractivity contribution in [1.82, 2.24) is 0 Å². The summed E-state index contributed by atoms with van der Waals surface area (Å²) >= 11 is 5.59. The van der Waals surface area contributed by atoms with Gasteiger partial charge in [-0.3, -0.25) is 0 Å². The highest BCUT2D eigenvalue weighted by Crippen LogP contribution is 2.20. The molecular weight excluding hydrogens is 267 g/mol. The molecule has 0 amide bonds. The second-order valence-electron chi connectivity index (χ2n) is 4.02. The Morgan fingerprint density at radius 1 is 1.47 bits per heavy atom. The highest BCUT2D eigenvalue weighted by atomic mass is 35.5. The summed E-state index contributed by atoms with van der Waals surface area (Å²) < 4.78 is 36.0. The molecule has 0 aromatic heterocycles. The lowest BCUT2D eigenvalue weighted by atomic mass is 10.1. The van der Waals surface area contributed by atoms with Crippen molar-refractivity contribution in [2.45, 2.75) is 24.7 Å². The second kappa shape index (κ2) is 5.33. The van der Waals surface area contributed by atoms with E-state index in [4.69, 9.17) is 11.6 Å². The normalized spacial score (nSPS) is 15.6. The standard InChI is InChI=1S/C11H14ClFO3S/c1-7(17(2,15)16)10(14)6-8-4-3-5-9(12)11(8)13/h3-5,7,10,14H,6H2,1-2H3. The number of hydrogen-bond donors (Lipinski definition) is 1. The van der Waals surface area contributed by atoms with Gasteiger partial charge in [-0.25, -0.2) is 12.8 Å². The fourth-order valence-corrected chi connectivity index (χ4v) is 2.24. The predicted octanol–water partition coefficient (Wildman–Crippen LogP) is 1.82. The van der Waals surface area contributed by atoms with Crippen LogP contribution in [0.15, 0.2) is 18.2 Å². The van der Waals surface area contributed by atoms with Gasteiger partial charge in [-0.2, -0.15) is 0 Å². The van der Waals surface area contributed by atoms with Crippen LogP contribution in [0.4, 0.5) is 4.39 Å². The molecule has 1 N–H and O–H groups in total. The smallest absolute Gasteiger partial charge is 0.152 e. The van der Waals surface area contributed by atoms with Gasteiger partial charge in [0, 0.05) is 12.7 Å². The number of benzene rings is 1. The van der Waals surface area contributed by atoms with Crippen LogP contribution in [0, 0.1) is 5.82 Å². The summed E-state index contributed by atoms with van der Waals surface area (Å²) in [6.07, 6.45) is -0.200. The first-order valence-electron chi connectivity index (χ1n) is 5.03. The Bertz CT molecular complexity index is 501. The average Bonchev–Trinajstić information content (AvgIpc) is 2.22. The molecule has 0 aliphatic rings. The van der Waals surface area contributed by atoms with Gasteiger partial charge in [0.25, 0.3) is 0 Å². The van der Waals surface area contributed by atoms with E-state index < -0.39 is 27.0 Å². The molecule has 1 aromatic rings. The summed E-state index contributed by atoms with van der Waals surface area (Å²) in [6, 6.07) is 4.42. The molecule has 2 unspecified atom stereocenters. The zero-order chi connectivity index (χ0) is 13.2. The van der Waals surface area contributed by atoms with Crippen LogP contribution in [0.2, 0.25) is 5.02 Å². The largest absolute Gasteiger partial charge is 0.391 e. The van der Waals surface area contributed by atoms with E-state index >= 15 is 0 Å². The molecule has 0 bridgehead atoms. The zero-order valence-electron chi connectivity index (χ0n) is 9.52. The predicted molar refractivity (Wildman–Crippen MR) is 65.4 cm³/mol. The number of hydrogen-bond acceptors (Lipinski definition) is 3. The van der Waals surface area contributed by atoms with Crippen LogP contribution in [-0.2, 0) is 16.3 Å². The molecule has 0 heterocycles. The Hall–Kier alpha value is -0.650. The second-order valence-corrected chi connectivity index (χ2v) is 6.83. The number of rotatable bonds is 4. The lowest BCUT2D eigenvalue weighted by Gasteiger charge is -2.17. The molecule has 0 saturated heterocycles. The quantitative estimate of drug-likeness (QED) is 0.915. The molecule has 0 fully saturated rings. The topological polar surface area (TPSA) is 54.4 Å². The molecule has 0 saturated carbocycles. The number of sulfone groups is 1. The summed E-state index contributed by atoms with van der Waals surface area (Å²) in [5.74, 6) is -0.617. The van der Waals surface area contributed by atoms with Crippen molar-refractivity contribution in [3.05, 3.63) is 34.6 Å². The van der Waals surface area contributed by atoms with Crippen molar-refractivity contribution in [2.75, 3.05) is 6.26 Å². The van der Waals surface area contributed by atoms with E-state index in [0.29, 0.717) is 0 Å². The Kier molecular flexibility index (Phi) is 4.52. The molecule has 6 heteroatoms. The van der Waals surface area contributed by atoms with Crippen LogP contribution in [0.1, 0.15) is 12.5 Å². The van der Waals surface area contributed by atoms with E-state index in [-0.39, 0.29) is 17.0 Å². The molecule has 96 valence electrons. The Morgan fingerprint density at radius 2 is 2.06 bits per heavy atom. The van der Waals surface area contributed by atoms with Crippen molar-refractivity contribution in [1.29, 1.82) is 0 Å². The molecule has 3 nitrogen and oxygen atoms in total. The van der Waals surface area contributed by atoms with Crippen LogP contribution < -0.4 is 0 Å². The van der Waals surface area contributed by atoms with Crippen LogP contribution in [0.3, 0.4) is 0 Å². The summed E-state index contributed by atoms with van der Waals surface area (Å²) in [6.45, 7) is 1.39. The maximum Gasteiger partial charge on any atom is 0.152 e. The minimum Gasteiger partial charge on any atom is -0.391 e. The summed E-state index contributed by atoms with van der Waals surface area (Å²) in [5.41, 5.74) is 0.209. The van der Waals surface area contributed by atoms with Crippen molar-refractivity contribution in [3.8, 4) is 0 Å². The van der Waals surface area contributed by atoms with E-state index in [9.17, 15) is 17.9 Å². The van der Waals surface area contributed by atoms with Crippen molar-refractivity contribution >= 4 is 21.4 Å². The average molecular weight is 281 g/mol. The maximum atomic E-state index is 13.5. The van der Waals surface area contributed by atoms with E-state index in [1.54, 1.807) is 6.07 Å². The van der Waals surface area contributed by atoms with Crippen LogP contribution in [0.5, 0.6) is 0 Å². The minimum absolute atomic E-state index is 0.0401. The summed E-state index contributed by atoms with van der Waals surface area (Å²) in [4.78, 5) is 0. The third-order valence-electron chi connectivity index (χ3n) is 2.68. The van der Waals surface area contributed by atoms with Gasteiger partial charge in [-0.15, -0.1) is 0 Å². The number of halogens is 2. The molecule has 1 aromatic carbocycles. The van der Waals surface area contributed by atoms with Crippen LogP contribution >= 0.6 is 11.6 Å². The first kappa shape index (κ1) is 14.4. The van der Waals surface area contributed by atoms with Gasteiger partial charge < -0.3 is 5.11 Å². The molecule has 2 atom stereocenters. The highest BCUT2D eigenvalue weighted by Gasteiger charge is 2.25. The van der Waals surface area contributed by atoms with E-state index in [1.807, 2.05) is 0 Å². The SMILES string of the molecule is CC(C(O)Cc1cccc(Cl)c1F)S(C)(=O)=O. The highest BCUT2D eigenvalue weighted by molar-refractivity contribution is 7.91. The van der Waals surface area contributed by atoms with Crippen molar-refractivity contribution < 1.29 is 17.9 Å². The van der Waals surface area contributed by atoms with Gasteiger partial charge in [0.1, 0.15) is 5.82 Å². The Morgan fingerprint density at radius 3 is 2.59 bits per heavy atom. The molecule has 0 spiro atoms. The maximum absolute atomic E-state index is 13.5. The lowest BCUT2D eigenvalue weighted by molar-refractivity contribution is 0.172. The first-order valence-corrected chi connectivity index (χ1v) is 7.36. The summed E-state index contributed by atoms with van der Waals surface area (Å²) in [5, 5.41) is 8.75. The third-order valence-corrected chi connectivity index (χ3v) is 4.63. The van der Waals surface area contributed by atoms with Crippen molar-refractivity contribution in [3.63, 3.8) is 0 Å². The number of aliphatic hydroxyl groups excluding tert-OH is 1. The molecule has 0 radical (unpaired) electrons. The fourth-order valence-electron chi connectivity index (χ4n) is 1.38. The first-order chi connectivity index (χ1) is 7.73. The molecule has 0 aliphatic heterocycles. The van der Waals surface area contributed by atoms with Gasteiger partial charge in [0.15, 0.2) is 9.84 Å². The van der Waals surface area contributed by atoms with Gasteiger partial charge in [-0.1, -0.05) is 23.7 Å². The van der Waals surface area contributed by atoms with Gasteiger partial charge in [0.05, 0.1) is 16.4 Å². The van der Waals surface area contributed by atoms with Gasteiger partial charge in [-0.05, 0) is 18.6 Å². The van der Waals surface area contributed by atoms with E-state index in [2.05, 4.69) is 0 Å². The van der Waals surface area contributed by atoms with E-state index in [1.165, 1.54) is 19.1 Å². The Balaban J connectivity index is 2.89.